The minimum absolute atomic E-state index is 0.0988. The van der Waals surface area contributed by atoms with E-state index in [0.29, 0.717) is 11.3 Å². The summed E-state index contributed by atoms with van der Waals surface area (Å²) >= 11 is 0. The zero-order valence-electron chi connectivity index (χ0n) is 20.0. The summed E-state index contributed by atoms with van der Waals surface area (Å²) in [4.78, 5) is 44.7. The fraction of sp³-hybridized carbons (Fsp3) is 0.129. The van der Waals surface area contributed by atoms with E-state index in [2.05, 4.69) is 5.32 Å². The number of para-hydroxylation sites is 1. The topological polar surface area (TPSA) is 79.6 Å². The summed E-state index contributed by atoms with van der Waals surface area (Å²) in [5, 5.41) is 3.00. The molecule has 1 aromatic heterocycles. The van der Waals surface area contributed by atoms with Gasteiger partial charge < -0.3 is 14.6 Å². The van der Waals surface area contributed by atoms with Crippen LogP contribution in [0.15, 0.2) is 102 Å². The number of anilines is 1. The Bertz CT molecular complexity index is 1640. The third-order valence-corrected chi connectivity index (χ3v) is 8.01. The molecule has 1 fully saturated rings. The van der Waals surface area contributed by atoms with E-state index >= 15 is 0 Å². The first-order valence-corrected chi connectivity index (χ1v) is 12.3. The lowest BCUT2D eigenvalue weighted by molar-refractivity contribution is -0.122. The molecule has 0 unspecified atom stereocenters. The summed E-state index contributed by atoms with van der Waals surface area (Å²) in [6, 6.07) is 21.7. The van der Waals surface area contributed by atoms with Crippen molar-refractivity contribution in [1.29, 1.82) is 0 Å². The van der Waals surface area contributed by atoms with Crippen LogP contribution in [-0.2, 0) is 10.2 Å². The zero-order valence-corrected chi connectivity index (χ0v) is 20.0. The van der Waals surface area contributed by atoms with Crippen molar-refractivity contribution in [2.45, 2.75) is 17.5 Å². The number of carbonyl (C=O) groups excluding carboxylic acids is 3. The molecule has 7 rings (SSSR count). The number of nitrogens with zero attached hydrogens (tertiary/aromatic N) is 1. The molecule has 4 heterocycles. The van der Waals surface area contributed by atoms with Crippen molar-refractivity contribution in [2.75, 3.05) is 5.32 Å². The second kappa shape index (κ2) is 8.11. The number of nitrogens with one attached hydrogen (secondary N) is 1. The molecule has 186 valence electrons. The number of halogens is 1. The number of benzene rings is 3. The molecule has 1 saturated heterocycles. The molecule has 1 spiro atoms. The summed E-state index contributed by atoms with van der Waals surface area (Å²) in [7, 11) is 0. The Labute approximate surface area is 217 Å². The van der Waals surface area contributed by atoms with Gasteiger partial charge in [-0.2, -0.15) is 0 Å². The Morgan fingerprint density at radius 1 is 0.895 bits per heavy atom. The van der Waals surface area contributed by atoms with Crippen LogP contribution >= 0.6 is 0 Å². The van der Waals surface area contributed by atoms with Gasteiger partial charge in [0.1, 0.15) is 17.3 Å². The van der Waals surface area contributed by atoms with Crippen LogP contribution in [0.25, 0.3) is 6.08 Å². The molecule has 7 heteroatoms. The van der Waals surface area contributed by atoms with E-state index in [0.717, 1.165) is 11.1 Å². The highest BCUT2D eigenvalue weighted by molar-refractivity contribution is 6.16. The standard InChI is InChI=1S/C31H21FN2O4/c32-20-13-11-19(12-14-20)27(35)25-26(28(36)24-10-5-17-38-24)34-16-15-18-6-1-2-7-21(18)29(34)31(25)22-8-3-4-9-23(22)33-30(31)37/h1-17,25-26,29H,(H,33,37)/t25-,26+,29-,31+/m0/s1. The number of fused-ring (bicyclic) bond motifs is 6. The Balaban J connectivity index is 1.55. The maximum absolute atomic E-state index is 14.5. The molecule has 0 radical (unpaired) electrons. The van der Waals surface area contributed by atoms with Gasteiger partial charge in [0, 0.05) is 17.5 Å². The molecule has 6 nitrogen and oxygen atoms in total. The van der Waals surface area contributed by atoms with E-state index in [1.54, 1.807) is 24.4 Å². The monoisotopic (exact) mass is 504 g/mol. The summed E-state index contributed by atoms with van der Waals surface area (Å²) < 4.78 is 19.3. The number of hydrogen-bond acceptors (Lipinski definition) is 5. The van der Waals surface area contributed by atoms with Gasteiger partial charge in [0.05, 0.1) is 18.2 Å². The highest BCUT2D eigenvalue weighted by Gasteiger charge is 2.71. The van der Waals surface area contributed by atoms with Gasteiger partial charge in [0.15, 0.2) is 11.5 Å². The Kier molecular flexibility index (Phi) is 4.79. The normalized spacial score (nSPS) is 24.6. The summed E-state index contributed by atoms with van der Waals surface area (Å²) in [5.74, 6) is -2.68. The number of rotatable bonds is 4. The SMILES string of the molecule is O=C(c1ccc(F)cc1)[C@@H]1[C@H](C(=O)c2ccco2)N2C=Cc3ccccc3[C@H]2[C@]12C(=O)Nc1ccccc12. The molecule has 4 atom stereocenters. The van der Waals surface area contributed by atoms with Crippen LogP contribution in [0.4, 0.5) is 10.1 Å². The van der Waals surface area contributed by atoms with Gasteiger partial charge in [0.2, 0.25) is 11.7 Å². The van der Waals surface area contributed by atoms with Crippen molar-refractivity contribution in [3.63, 3.8) is 0 Å². The molecule has 4 aromatic rings. The highest BCUT2D eigenvalue weighted by Crippen LogP contribution is 2.62. The zero-order chi connectivity index (χ0) is 26.0. The van der Waals surface area contributed by atoms with Crippen LogP contribution in [0.5, 0.6) is 0 Å². The molecule has 0 bridgehead atoms. The molecular weight excluding hydrogens is 483 g/mol. The van der Waals surface area contributed by atoms with Crippen LogP contribution in [0, 0.1) is 11.7 Å². The molecular formula is C31H21FN2O4. The quantitative estimate of drug-likeness (QED) is 0.377. The van der Waals surface area contributed by atoms with E-state index in [-0.39, 0.29) is 17.2 Å². The van der Waals surface area contributed by atoms with Gasteiger partial charge in [-0.25, -0.2) is 4.39 Å². The maximum atomic E-state index is 14.5. The first-order chi connectivity index (χ1) is 18.5. The number of carbonyl (C=O) groups is 3. The van der Waals surface area contributed by atoms with Crippen LogP contribution in [0.2, 0.25) is 0 Å². The number of furan rings is 1. The smallest absolute Gasteiger partial charge is 0.238 e. The van der Waals surface area contributed by atoms with Crippen molar-refractivity contribution in [3.8, 4) is 0 Å². The largest absolute Gasteiger partial charge is 0.461 e. The first-order valence-electron chi connectivity index (χ1n) is 12.3. The molecule has 1 N–H and O–H groups in total. The average Bonchev–Trinajstić information content (AvgIpc) is 3.65. The van der Waals surface area contributed by atoms with Gasteiger partial charge in [0.25, 0.3) is 0 Å². The lowest BCUT2D eigenvalue weighted by Crippen LogP contribution is -2.49. The van der Waals surface area contributed by atoms with Crippen LogP contribution < -0.4 is 5.32 Å². The van der Waals surface area contributed by atoms with E-state index < -0.39 is 40.8 Å². The van der Waals surface area contributed by atoms with Gasteiger partial charge in [-0.15, -0.1) is 0 Å². The molecule has 0 aliphatic carbocycles. The maximum Gasteiger partial charge on any atom is 0.238 e. The first kappa shape index (κ1) is 22.4. The molecule has 3 aromatic carbocycles. The van der Waals surface area contributed by atoms with Gasteiger partial charge >= 0.3 is 0 Å². The molecule has 3 aliphatic heterocycles. The fourth-order valence-electron chi connectivity index (χ4n) is 6.53. The van der Waals surface area contributed by atoms with E-state index in [1.807, 2.05) is 53.4 Å². The average molecular weight is 505 g/mol. The predicted octanol–water partition coefficient (Wildman–Crippen LogP) is 5.40. The number of Topliss-reactive ketones (excluding diaryl/α,β-unsaturated/α-hetero) is 2. The van der Waals surface area contributed by atoms with E-state index in [1.165, 1.54) is 30.5 Å². The minimum atomic E-state index is -1.43. The van der Waals surface area contributed by atoms with Crippen molar-refractivity contribution in [1.82, 2.24) is 4.90 Å². The Hall–Kier alpha value is -4.78. The van der Waals surface area contributed by atoms with Gasteiger partial charge in [-0.05, 0) is 65.2 Å². The van der Waals surface area contributed by atoms with Crippen molar-refractivity contribution < 1.29 is 23.2 Å². The fourth-order valence-corrected chi connectivity index (χ4v) is 6.53. The lowest BCUT2D eigenvalue weighted by Gasteiger charge is -2.38. The summed E-state index contributed by atoms with van der Waals surface area (Å²) in [6.45, 7) is 0. The summed E-state index contributed by atoms with van der Waals surface area (Å²) in [6.07, 6.45) is 5.10. The van der Waals surface area contributed by atoms with Gasteiger partial charge in [-0.3, -0.25) is 14.4 Å². The van der Waals surface area contributed by atoms with Crippen molar-refractivity contribution in [3.05, 3.63) is 131 Å². The van der Waals surface area contributed by atoms with Crippen LogP contribution in [0.3, 0.4) is 0 Å². The van der Waals surface area contributed by atoms with Crippen molar-refractivity contribution >= 4 is 29.2 Å². The third kappa shape index (κ3) is 2.90. The Morgan fingerprint density at radius 3 is 2.45 bits per heavy atom. The lowest BCUT2D eigenvalue weighted by atomic mass is 9.62. The van der Waals surface area contributed by atoms with Crippen LogP contribution in [0.1, 0.15) is 43.6 Å². The molecule has 1 amide bonds. The molecule has 3 aliphatic rings. The van der Waals surface area contributed by atoms with E-state index in [4.69, 9.17) is 4.42 Å². The highest BCUT2D eigenvalue weighted by atomic mass is 19.1. The molecule has 0 saturated carbocycles. The minimum Gasteiger partial charge on any atom is -0.461 e. The number of ketones is 2. The number of hydrogen-bond donors (Lipinski definition) is 1. The molecule has 38 heavy (non-hydrogen) atoms. The third-order valence-electron chi connectivity index (χ3n) is 8.01. The van der Waals surface area contributed by atoms with Crippen molar-refractivity contribution in [2.24, 2.45) is 5.92 Å². The van der Waals surface area contributed by atoms with Crippen LogP contribution in [-0.4, -0.2) is 28.4 Å². The predicted molar refractivity (Wildman–Crippen MR) is 138 cm³/mol. The Morgan fingerprint density at radius 2 is 1.66 bits per heavy atom. The van der Waals surface area contributed by atoms with Gasteiger partial charge in [-0.1, -0.05) is 42.5 Å². The number of amides is 1. The van der Waals surface area contributed by atoms with E-state index in [9.17, 15) is 18.8 Å². The second-order valence-electron chi connectivity index (χ2n) is 9.80. The second-order valence-corrected chi connectivity index (χ2v) is 9.80. The summed E-state index contributed by atoms with van der Waals surface area (Å²) in [5.41, 5.74) is 1.79.